The van der Waals surface area contributed by atoms with E-state index in [2.05, 4.69) is 10.3 Å². The van der Waals surface area contributed by atoms with Gasteiger partial charge < -0.3 is 15.0 Å². The van der Waals surface area contributed by atoms with E-state index in [0.717, 1.165) is 0 Å². The number of anilines is 1. The number of carbonyl (C=O) groups excluding carboxylic acids is 2. The molecule has 0 spiro atoms. The minimum Gasteiger partial charge on any atom is -0.495 e. The predicted octanol–water partition coefficient (Wildman–Crippen LogP) is 3.10. The molecule has 1 amide bonds. The molecule has 0 atom stereocenters. The number of amides is 1. The number of carbonyl (C=O) groups is 2. The molecule has 2 N–H and O–H groups in total. The van der Waals surface area contributed by atoms with Crippen LogP contribution in [0.4, 0.5) is 5.69 Å². The van der Waals surface area contributed by atoms with E-state index in [4.69, 9.17) is 4.74 Å². The van der Waals surface area contributed by atoms with Crippen LogP contribution in [-0.4, -0.2) is 23.8 Å². The number of para-hydroxylation sites is 2. The maximum absolute atomic E-state index is 12.5. The third-order valence-electron chi connectivity index (χ3n) is 3.37. The lowest BCUT2D eigenvalue weighted by atomic mass is 10.1. The molecule has 0 saturated carbocycles. The highest BCUT2D eigenvalue weighted by molar-refractivity contribution is 6.09. The summed E-state index contributed by atoms with van der Waals surface area (Å²) in [5.41, 5.74) is 2.88. The Labute approximate surface area is 123 Å². The van der Waals surface area contributed by atoms with Crippen molar-refractivity contribution in [1.29, 1.82) is 0 Å². The molecule has 0 fully saturated rings. The van der Waals surface area contributed by atoms with E-state index < -0.39 is 0 Å². The maximum atomic E-state index is 12.5. The highest BCUT2D eigenvalue weighted by Crippen LogP contribution is 2.25. The zero-order valence-electron chi connectivity index (χ0n) is 12.5. The molecule has 2 aromatic rings. The third kappa shape index (κ3) is 2.81. The molecule has 0 aliphatic carbocycles. The summed E-state index contributed by atoms with van der Waals surface area (Å²) >= 11 is 0. The second-order valence-electron chi connectivity index (χ2n) is 4.84. The van der Waals surface area contributed by atoms with Gasteiger partial charge in [-0.2, -0.15) is 0 Å². The fourth-order valence-electron chi connectivity index (χ4n) is 2.38. The van der Waals surface area contributed by atoms with Crippen molar-refractivity contribution in [2.75, 3.05) is 12.4 Å². The van der Waals surface area contributed by atoms with Crippen LogP contribution in [0, 0.1) is 13.8 Å². The third-order valence-corrected chi connectivity index (χ3v) is 3.37. The van der Waals surface area contributed by atoms with Gasteiger partial charge in [-0.25, -0.2) is 0 Å². The number of aromatic amines is 1. The van der Waals surface area contributed by atoms with Gasteiger partial charge in [0, 0.05) is 12.6 Å². The van der Waals surface area contributed by atoms with E-state index in [9.17, 15) is 9.59 Å². The minimum absolute atomic E-state index is 0.0908. The summed E-state index contributed by atoms with van der Waals surface area (Å²) in [6.07, 6.45) is 0. The summed E-state index contributed by atoms with van der Waals surface area (Å²) in [5, 5.41) is 2.82. The number of benzene rings is 1. The first-order valence-corrected chi connectivity index (χ1v) is 6.60. The summed E-state index contributed by atoms with van der Waals surface area (Å²) in [5.74, 6) is 0.230. The number of ketones is 1. The van der Waals surface area contributed by atoms with Gasteiger partial charge in [0.15, 0.2) is 5.78 Å². The Bertz CT molecular complexity index is 702. The Hall–Kier alpha value is -2.56. The number of Topliss-reactive ketones (excluding diaryl/α,β-unsaturated/α-hetero) is 1. The van der Waals surface area contributed by atoms with Gasteiger partial charge in [-0.15, -0.1) is 0 Å². The van der Waals surface area contributed by atoms with Crippen molar-refractivity contribution < 1.29 is 14.3 Å². The summed E-state index contributed by atoms with van der Waals surface area (Å²) in [6.45, 7) is 5.01. The van der Waals surface area contributed by atoms with Crippen LogP contribution < -0.4 is 10.1 Å². The number of H-pyrrole nitrogens is 1. The van der Waals surface area contributed by atoms with Crippen molar-refractivity contribution in [3.05, 3.63) is 46.8 Å². The number of hydrogen-bond donors (Lipinski definition) is 2. The number of rotatable bonds is 4. The SMILES string of the molecule is COc1ccccc1NC(=O)c1c(C)[nH]c(C(C)=O)c1C. The maximum Gasteiger partial charge on any atom is 0.257 e. The molecule has 1 aromatic carbocycles. The molecule has 110 valence electrons. The zero-order valence-corrected chi connectivity index (χ0v) is 12.5. The lowest BCUT2D eigenvalue weighted by molar-refractivity contribution is 0.101. The van der Waals surface area contributed by atoms with Crippen molar-refractivity contribution in [3.8, 4) is 5.75 Å². The summed E-state index contributed by atoms with van der Waals surface area (Å²) in [7, 11) is 1.55. The molecule has 5 heteroatoms. The molecule has 21 heavy (non-hydrogen) atoms. The highest BCUT2D eigenvalue weighted by Gasteiger charge is 2.20. The number of aromatic nitrogens is 1. The Kier molecular flexibility index (Phi) is 4.12. The van der Waals surface area contributed by atoms with E-state index in [1.54, 1.807) is 33.1 Å². The number of ether oxygens (including phenoxy) is 1. The molecule has 0 saturated heterocycles. The molecule has 0 aliphatic rings. The lowest BCUT2D eigenvalue weighted by Crippen LogP contribution is -2.14. The molecule has 0 bridgehead atoms. The number of aryl methyl sites for hydroxylation is 1. The molecule has 2 rings (SSSR count). The fourth-order valence-corrected chi connectivity index (χ4v) is 2.38. The van der Waals surface area contributed by atoms with E-state index >= 15 is 0 Å². The monoisotopic (exact) mass is 286 g/mol. The van der Waals surface area contributed by atoms with Gasteiger partial charge in [-0.05, 0) is 31.5 Å². The first kappa shape index (κ1) is 14.8. The van der Waals surface area contributed by atoms with Crippen molar-refractivity contribution in [2.45, 2.75) is 20.8 Å². The number of methoxy groups -OCH3 is 1. The van der Waals surface area contributed by atoms with E-state index in [-0.39, 0.29) is 11.7 Å². The molecule has 1 heterocycles. The molecule has 0 unspecified atom stereocenters. The first-order valence-electron chi connectivity index (χ1n) is 6.60. The quantitative estimate of drug-likeness (QED) is 0.848. The molecular formula is C16H18N2O3. The second kappa shape index (κ2) is 5.83. The highest BCUT2D eigenvalue weighted by atomic mass is 16.5. The van der Waals surface area contributed by atoms with Crippen LogP contribution in [0.1, 0.15) is 39.0 Å². The molecule has 5 nitrogen and oxygen atoms in total. The van der Waals surface area contributed by atoms with Crippen LogP contribution in [0.5, 0.6) is 5.75 Å². The van der Waals surface area contributed by atoms with Gasteiger partial charge in [-0.3, -0.25) is 9.59 Å². The van der Waals surface area contributed by atoms with Gasteiger partial charge in [0.2, 0.25) is 0 Å². The van der Waals surface area contributed by atoms with E-state index in [1.165, 1.54) is 6.92 Å². The average molecular weight is 286 g/mol. The van der Waals surface area contributed by atoms with Crippen LogP contribution >= 0.6 is 0 Å². The Morgan fingerprint density at radius 3 is 2.43 bits per heavy atom. The van der Waals surface area contributed by atoms with Crippen LogP contribution in [-0.2, 0) is 0 Å². The van der Waals surface area contributed by atoms with Crippen LogP contribution in [0.2, 0.25) is 0 Å². The molecular weight excluding hydrogens is 268 g/mol. The van der Waals surface area contributed by atoms with Gasteiger partial charge in [0.1, 0.15) is 5.75 Å². The smallest absolute Gasteiger partial charge is 0.257 e. The van der Waals surface area contributed by atoms with E-state index in [1.807, 2.05) is 12.1 Å². The molecule has 1 aromatic heterocycles. The number of nitrogens with one attached hydrogen (secondary N) is 2. The van der Waals surface area contributed by atoms with E-state index in [0.29, 0.717) is 34.0 Å². The standard InChI is InChI=1S/C16H18N2O3/c1-9-14(10(2)17-15(9)11(3)19)16(20)18-12-7-5-6-8-13(12)21-4/h5-8,17H,1-4H3,(H,18,20). The zero-order chi connectivity index (χ0) is 15.6. The van der Waals surface area contributed by atoms with Gasteiger partial charge in [-0.1, -0.05) is 12.1 Å². The van der Waals surface area contributed by atoms with Crippen molar-refractivity contribution in [1.82, 2.24) is 4.98 Å². The Morgan fingerprint density at radius 2 is 1.86 bits per heavy atom. The van der Waals surface area contributed by atoms with Crippen molar-refractivity contribution in [2.24, 2.45) is 0 Å². The van der Waals surface area contributed by atoms with Gasteiger partial charge in [0.05, 0.1) is 24.1 Å². The minimum atomic E-state index is -0.266. The summed E-state index contributed by atoms with van der Waals surface area (Å²) < 4.78 is 5.21. The van der Waals surface area contributed by atoms with Crippen molar-refractivity contribution in [3.63, 3.8) is 0 Å². The summed E-state index contributed by atoms with van der Waals surface area (Å²) in [4.78, 5) is 27.0. The second-order valence-corrected chi connectivity index (χ2v) is 4.84. The van der Waals surface area contributed by atoms with Gasteiger partial charge in [0.25, 0.3) is 5.91 Å². The lowest BCUT2D eigenvalue weighted by Gasteiger charge is -2.10. The normalized spacial score (nSPS) is 10.3. The van der Waals surface area contributed by atoms with Crippen LogP contribution in [0.25, 0.3) is 0 Å². The molecule has 0 radical (unpaired) electrons. The van der Waals surface area contributed by atoms with Crippen molar-refractivity contribution >= 4 is 17.4 Å². The average Bonchev–Trinajstić information content (AvgIpc) is 2.74. The molecule has 0 aliphatic heterocycles. The predicted molar refractivity (Wildman–Crippen MR) is 81.2 cm³/mol. The topological polar surface area (TPSA) is 71.2 Å². The van der Waals surface area contributed by atoms with Crippen LogP contribution in [0.15, 0.2) is 24.3 Å². The Morgan fingerprint density at radius 1 is 1.19 bits per heavy atom. The van der Waals surface area contributed by atoms with Crippen LogP contribution in [0.3, 0.4) is 0 Å². The number of hydrogen-bond acceptors (Lipinski definition) is 3. The largest absolute Gasteiger partial charge is 0.495 e. The fraction of sp³-hybridized carbons (Fsp3) is 0.250. The summed E-state index contributed by atoms with van der Waals surface area (Å²) in [6, 6.07) is 7.18. The first-order chi connectivity index (χ1) is 9.95. The van der Waals surface area contributed by atoms with Gasteiger partial charge >= 0.3 is 0 Å². The Balaban J connectivity index is 2.35.